The smallest absolute Gasteiger partial charge is 0.354 e. The molecule has 2 aliphatic heterocycles. The van der Waals surface area contributed by atoms with Crippen molar-refractivity contribution in [2.45, 2.75) is 38.6 Å². The van der Waals surface area contributed by atoms with Crippen LogP contribution < -0.4 is 9.64 Å². The number of aromatic nitrogens is 1. The quantitative estimate of drug-likeness (QED) is 0.462. The van der Waals surface area contributed by atoms with E-state index in [1.165, 1.54) is 45.4 Å². The number of amides is 2. The number of anilines is 1. The Bertz CT molecular complexity index is 1290. The normalized spacial score (nSPS) is 18.9. The summed E-state index contributed by atoms with van der Waals surface area (Å²) in [5, 5.41) is 2.42. The third-order valence-electron chi connectivity index (χ3n) is 6.14. The molecule has 1 fully saturated rings. The Labute approximate surface area is 204 Å². The number of para-hydroxylation sites is 1. The molecule has 35 heavy (non-hydrogen) atoms. The van der Waals surface area contributed by atoms with E-state index in [9.17, 15) is 18.8 Å². The first-order chi connectivity index (χ1) is 16.9. The molecule has 5 rings (SSSR count). The maximum absolute atomic E-state index is 13.5. The Morgan fingerprint density at radius 3 is 2.69 bits per heavy atom. The lowest BCUT2D eigenvalue weighted by atomic mass is 9.96. The number of hydrogen-bond acceptors (Lipinski definition) is 7. The van der Waals surface area contributed by atoms with Gasteiger partial charge in [-0.2, -0.15) is 0 Å². The van der Waals surface area contributed by atoms with Gasteiger partial charge in [-0.3, -0.25) is 14.5 Å². The zero-order chi connectivity index (χ0) is 24.6. The van der Waals surface area contributed by atoms with Gasteiger partial charge in [0.1, 0.15) is 29.8 Å². The summed E-state index contributed by atoms with van der Waals surface area (Å²) in [4.78, 5) is 46.9. The molecule has 180 valence electrons. The molecule has 3 heterocycles. The van der Waals surface area contributed by atoms with Crippen LogP contribution in [0.25, 0.3) is 0 Å². The Balaban J connectivity index is 1.32. The predicted octanol–water partition coefficient (Wildman–Crippen LogP) is 3.90. The number of hydrogen-bond donors (Lipinski definition) is 0. The minimum atomic E-state index is -1.51. The number of carbonyl (C=O) groups is 3. The largest absolute Gasteiger partial charge is 0.486 e. The van der Waals surface area contributed by atoms with E-state index in [1.54, 1.807) is 36.6 Å². The summed E-state index contributed by atoms with van der Waals surface area (Å²) in [6.45, 7) is 2.09. The number of esters is 1. The standard InChI is InChI=1S/C25H22FN3O5S/c1-2-28-23(31)19-5-3-4-6-20(19)29-22(30)11-12-25(28,29)24(32)34-13-17-15-35-21(27-17)14-33-18-9-7-16(26)8-10-18/h3-10,15H,2,11-14H2,1H3/t25-/m1/s1. The first kappa shape index (κ1) is 23.0. The van der Waals surface area contributed by atoms with Crippen LogP contribution in [0.2, 0.25) is 0 Å². The van der Waals surface area contributed by atoms with E-state index in [4.69, 9.17) is 9.47 Å². The van der Waals surface area contributed by atoms with Crippen LogP contribution >= 0.6 is 11.3 Å². The first-order valence-corrected chi connectivity index (χ1v) is 12.0. The van der Waals surface area contributed by atoms with E-state index in [2.05, 4.69) is 4.98 Å². The van der Waals surface area contributed by atoms with E-state index in [1.807, 2.05) is 0 Å². The van der Waals surface area contributed by atoms with Crippen molar-refractivity contribution in [1.82, 2.24) is 9.88 Å². The molecule has 0 spiro atoms. The monoisotopic (exact) mass is 495 g/mol. The minimum absolute atomic E-state index is 0.108. The molecule has 2 aliphatic rings. The molecule has 0 aliphatic carbocycles. The minimum Gasteiger partial charge on any atom is -0.486 e. The first-order valence-electron chi connectivity index (χ1n) is 11.2. The van der Waals surface area contributed by atoms with Crippen LogP contribution in [-0.4, -0.2) is 39.9 Å². The molecule has 1 saturated heterocycles. The lowest BCUT2D eigenvalue weighted by Crippen LogP contribution is -2.68. The van der Waals surface area contributed by atoms with Gasteiger partial charge in [-0.1, -0.05) is 12.1 Å². The van der Waals surface area contributed by atoms with Gasteiger partial charge < -0.3 is 14.4 Å². The van der Waals surface area contributed by atoms with Crippen LogP contribution in [0, 0.1) is 5.82 Å². The second kappa shape index (κ2) is 9.10. The summed E-state index contributed by atoms with van der Waals surface area (Å²) in [7, 11) is 0. The molecule has 0 radical (unpaired) electrons. The summed E-state index contributed by atoms with van der Waals surface area (Å²) in [5.41, 5.74) is -0.172. The number of likely N-dealkylation sites (N-methyl/N-ethyl adjacent to an activating group) is 1. The number of benzene rings is 2. The number of thiazole rings is 1. The third-order valence-corrected chi connectivity index (χ3v) is 7.01. The highest BCUT2D eigenvalue weighted by molar-refractivity contribution is 7.09. The van der Waals surface area contributed by atoms with E-state index >= 15 is 0 Å². The van der Waals surface area contributed by atoms with Gasteiger partial charge in [0.2, 0.25) is 11.6 Å². The second-order valence-corrected chi connectivity index (χ2v) is 9.11. The fourth-order valence-corrected chi connectivity index (χ4v) is 5.27. The number of halogens is 1. The van der Waals surface area contributed by atoms with Gasteiger partial charge in [0.15, 0.2) is 0 Å². The van der Waals surface area contributed by atoms with E-state index < -0.39 is 11.6 Å². The highest BCUT2D eigenvalue weighted by atomic mass is 32.1. The summed E-state index contributed by atoms with van der Waals surface area (Å²) in [5.74, 6) is -1.02. The molecule has 2 aromatic carbocycles. The molecular weight excluding hydrogens is 473 g/mol. The molecule has 2 amide bonds. The molecule has 8 nitrogen and oxygen atoms in total. The molecule has 1 atom stereocenters. The van der Waals surface area contributed by atoms with Gasteiger partial charge in [-0.15, -0.1) is 11.3 Å². The Morgan fingerprint density at radius 2 is 1.91 bits per heavy atom. The third kappa shape index (κ3) is 3.93. The second-order valence-electron chi connectivity index (χ2n) is 8.16. The topological polar surface area (TPSA) is 89.0 Å². The van der Waals surface area contributed by atoms with Crippen molar-refractivity contribution in [3.05, 3.63) is 76.0 Å². The van der Waals surface area contributed by atoms with Gasteiger partial charge in [-0.05, 0) is 43.3 Å². The van der Waals surface area contributed by atoms with Crippen molar-refractivity contribution < 1.29 is 28.2 Å². The van der Waals surface area contributed by atoms with Crippen LogP contribution in [0.15, 0.2) is 53.9 Å². The van der Waals surface area contributed by atoms with Gasteiger partial charge in [0.05, 0.1) is 16.9 Å². The summed E-state index contributed by atoms with van der Waals surface area (Å²) in [6.07, 6.45) is 0.293. The highest BCUT2D eigenvalue weighted by Crippen LogP contribution is 2.45. The number of carbonyl (C=O) groups excluding carboxylic acids is 3. The molecule has 1 aromatic heterocycles. The molecular formula is C25H22FN3O5S. The van der Waals surface area contributed by atoms with Crippen LogP contribution in [0.4, 0.5) is 10.1 Å². The van der Waals surface area contributed by atoms with Crippen molar-refractivity contribution in [3.63, 3.8) is 0 Å². The fraction of sp³-hybridized carbons (Fsp3) is 0.280. The van der Waals surface area contributed by atoms with Gasteiger partial charge >= 0.3 is 5.97 Å². The number of ether oxygens (including phenoxy) is 2. The van der Waals surface area contributed by atoms with Gasteiger partial charge in [-0.25, -0.2) is 14.2 Å². The predicted molar refractivity (Wildman–Crippen MR) is 125 cm³/mol. The van der Waals surface area contributed by atoms with Crippen molar-refractivity contribution in [2.24, 2.45) is 0 Å². The average molecular weight is 496 g/mol. The van der Waals surface area contributed by atoms with Crippen molar-refractivity contribution in [3.8, 4) is 5.75 Å². The van der Waals surface area contributed by atoms with E-state index in [-0.39, 0.29) is 50.2 Å². The highest BCUT2D eigenvalue weighted by Gasteiger charge is 2.61. The molecule has 10 heteroatoms. The van der Waals surface area contributed by atoms with Crippen molar-refractivity contribution >= 4 is 34.8 Å². The van der Waals surface area contributed by atoms with E-state index in [0.29, 0.717) is 27.7 Å². The zero-order valence-electron chi connectivity index (χ0n) is 18.9. The summed E-state index contributed by atoms with van der Waals surface area (Å²) in [6, 6.07) is 12.5. The maximum Gasteiger partial charge on any atom is 0.354 e. The average Bonchev–Trinajstić information content (AvgIpc) is 3.47. The molecule has 0 saturated carbocycles. The summed E-state index contributed by atoms with van der Waals surface area (Å²) >= 11 is 1.34. The molecule has 3 aromatic rings. The number of fused-ring (bicyclic) bond motifs is 3. The van der Waals surface area contributed by atoms with Crippen LogP contribution in [0.5, 0.6) is 5.75 Å². The maximum atomic E-state index is 13.5. The fourth-order valence-electron chi connectivity index (χ4n) is 4.58. The SMILES string of the molecule is CCN1C(=O)c2ccccc2N2C(=O)CC[C@@]12C(=O)OCc1csc(COc2ccc(F)cc2)n1. The zero-order valence-corrected chi connectivity index (χ0v) is 19.7. The van der Waals surface area contributed by atoms with Crippen molar-refractivity contribution in [2.75, 3.05) is 11.4 Å². The Kier molecular flexibility index (Phi) is 5.98. The Morgan fingerprint density at radius 1 is 1.14 bits per heavy atom. The lowest BCUT2D eigenvalue weighted by molar-refractivity contribution is -0.158. The van der Waals surface area contributed by atoms with Crippen molar-refractivity contribution in [1.29, 1.82) is 0 Å². The van der Waals surface area contributed by atoms with Gasteiger partial charge in [0, 0.05) is 24.8 Å². The van der Waals surface area contributed by atoms with Crippen LogP contribution in [-0.2, 0) is 27.5 Å². The number of nitrogens with zero attached hydrogens (tertiary/aromatic N) is 3. The summed E-state index contributed by atoms with van der Waals surface area (Å²) < 4.78 is 24.3. The lowest BCUT2D eigenvalue weighted by Gasteiger charge is -2.47. The van der Waals surface area contributed by atoms with E-state index in [0.717, 1.165) is 0 Å². The van der Waals surface area contributed by atoms with Gasteiger partial charge in [0.25, 0.3) is 5.91 Å². The Hall–Kier alpha value is -3.79. The number of rotatable bonds is 7. The molecule has 0 N–H and O–H groups in total. The van der Waals surface area contributed by atoms with Crippen LogP contribution in [0.1, 0.15) is 40.8 Å². The molecule has 0 unspecified atom stereocenters. The molecule has 0 bridgehead atoms. The van der Waals surface area contributed by atoms with Crippen LogP contribution in [0.3, 0.4) is 0 Å².